The summed E-state index contributed by atoms with van der Waals surface area (Å²) in [6.45, 7) is 0.139. The summed E-state index contributed by atoms with van der Waals surface area (Å²) in [5, 5.41) is 21.3. The van der Waals surface area contributed by atoms with Gasteiger partial charge in [-0.1, -0.05) is 30.3 Å². The number of aliphatic hydroxyl groups excluding tert-OH is 1. The van der Waals surface area contributed by atoms with Gasteiger partial charge in [-0.05, 0) is 24.8 Å². The molecule has 1 aliphatic rings. The lowest BCUT2D eigenvalue weighted by Gasteiger charge is -2.31. The zero-order valence-corrected chi connectivity index (χ0v) is 11.6. The van der Waals surface area contributed by atoms with E-state index in [1.807, 2.05) is 30.3 Å². The topological polar surface area (TPSA) is 95.9 Å². The minimum Gasteiger partial charge on any atom is -0.481 e. The van der Waals surface area contributed by atoms with Gasteiger partial charge in [0.15, 0.2) is 0 Å². The first-order valence-corrected chi connectivity index (χ1v) is 6.94. The van der Waals surface area contributed by atoms with Gasteiger partial charge in [0.2, 0.25) is 0 Å². The zero-order valence-electron chi connectivity index (χ0n) is 11.6. The van der Waals surface area contributed by atoms with Gasteiger partial charge in [-0.2, -0.15) is 0 Å². The predicted octanol–water partition coefficient (Wildman–Crippen LogP) is 1.53. The van der Waals surface area contributed by atoms with Crippen LogP contribution in [0, 0.1) is 5.92 Å². The lowest BCUT2D eigenvalue weighted by Crippen LogP contribution is -2.47. The average molecular weight is 293 g/mol. The SMILES string of the molecule is O=C(NC1CCC(O)CC1C(=O)O)OCc1ccccc1. The second kappa shape index (κ2) is 7.08. The van der Waals surface area contributed by atoms with Gasteiger partial charge < -0.3 is 20.3 Å². The second-order valence-electron chi connectivity index (χ2n) is 5.22. The van der Waals surface area contributed by atoms with Gasteiger partial charge in [-0.15, -0.1) is 0 Å². The molecule has 1 aromatic carbocycles. The molecule has 1 aromatic rings. The summed E-state index contributed by atoms with van der Waals surface area (Å²) in [4.78, 5) is 22.9. The Kier molecular flexibility index (Phi) is 5.16. The molecule has 3 N–H and O–H groups in total. The third kappa shape index (κ3) is 4.46. The van der Waals surface area contributed by atoms with Gasteiger partial charge in [-0.3, -0.25) is 4.79 Å². The molecule has 1 saturated carbocycles. The van der Waals surface area contributed by atoms with Crippen LogP contribution in [0.5, 0.6) is 0 Å². The number of carboxylic acid groups (broad SMARTS) is 1. The molecule has 21 heavy (non-hydrogen) atoms. The van der Waals surface area contributed by atoms with Gasteiger partial charge in [0.1, 0.15) is 6.61 Å². The number of aliphatic hydroxyl groups is 1. The monoisotopic (exact) mass is 293 g/mol. The number of carboxylic acids is 1. The van der Waals surface area contributed by atoms with Crippen LogP contribution >= 0.6 is 0 Å². The number of amides is 1. The zero-order chi connectivity index (χ0) is 15.2. The molecule has 1 fully saturated rings. The summed E-state index contributed by atoms with van der Waals surface area (Å²) < 4.78 is 5.08. The second-order valence-corrected chi connectivity index (χ2v) is 5.22. The highest BCUT2D eigenvalue weighted by Gasteiger charge is 2.35. The Morgan fingerprint density at radius 1 is 1.24 bits per heavy atom. The smallest absolute Gasteiger partial charge is 0.407 e. The first kappa shape index (κ1) is 15.3. The van der Waals surface area contributed by atoms with Gasteiger partial charge in [0.25, 0.3) is 0 Å². The summed E-state index contributed by atoms with van der Waals surface area (Å²) in [7, 11) is 0. The van der Waals surface area contributed by atoms with Crippen molar-refractivity contribution in [1.29, 1.82) is 0 Å². The molecule has 6 nitrogen and oxygen atoms in total. The molecule has 1 amide bonds. The van der Waals surface area contributed by atoms with E-state index in [0.29, 0.717) is 12.8 Å². The fourth-order valence-electron chi connectivity index (χ4n) is 2.51. The summed E-state index contributed by atoms with van der Waals surface area (Å²) in [5.74, 6) is -1.79. The van der Waals surface area contributed by atoms with E-state index in [2.05, 4.69) is 5.32 Å². The van der Waals surface area contributed by atoms with Crippen molar-refractivity contribution in [3.05, 3.63) is 35.9 Å². The van der Waals surface area contributed by atoms with Gasteiger partial charge in [0.05, 0.1) is 12.0 Å². The van der Waals surface area contributed by atoms with Crippen LogP contribution in [-0.4, -0.2) is 34.4 Å². The molecule has 0 radical (unpaired) electrons. The Labute approximate surface area is 122 Å². The molecule has 0 heterocycles. The molecule has 3 unspecified atom stereocenters. The highest BCUT2D eigenvalue weighted by molar-refractivity contribution is 5.73. The minimum absolute atomic E-state index is 0.139. The van der Waals surface area contributed by atoms with Crippen LogP contribution in [0.1, 0.15) is 24.8 Å². The van der Waals surface area contributed by atoms with Crippen molar-refractivity contribution < 1.29 is 24.5 Å². The maximum absolute atomic E-state index is 11.7. The summed E-state index contributed by atoms with van der Waals surface area (Å²) in [6.07, 6.45) is -0.193. The van der Waals surface area contributed by atoms with Gasteiger partial charge in [-0.25, -0.2) is 4.79 Å². The van der Waals surface area contributed by atoms with Crippen molar-refractivity contribution in [3.63, 3.8) is 0 Å². The van der Waals surface area contributed by atoms with E-state index >= 15 is 0 Å². The summed E-state index contributed by atoms with van der Waals surface area (Å²) in [6, 6.07) is 8.73. The standard InChI is InChI=1S/C15H19NO5/c17-11-6-7-13(12(8-11)14(18)19)16-15(20)21-9-10-4-2-1-3-5-10/h1-5,11-13,17H,6-9H2,(H,16,20)(H,18,19). The molecule has 0 bridgehead atoms. The van der Waals surface area contributed by atoms with Gasteiger partial charge >= 0.3 is 12.1 Å². The van der Waals surface area contributed by atoms with Crippen molar-refractivity contribution in [1.82, 2.24) is 5.32 Å². The number of rotatable bonds is 4. The number of hydrogen-bond acceptors (Lipinski definition) is 4. The van der Waals surface area contributed by atoms with Gasteiger partial charge in [0, 0.05) is 6.04 Å². The van der Waals surface area contributed by atoms with Crippen LogP contribution in [0.25, 0.3) is 0 Å². The van der Waals surface area contributed by atoms with Crippen LogP contribution in [-0.2, 0) is 16.1 Å². The number of hydrogen-bond donors (Lipinski definition) is 3. The number of alkyl carbamates (subject to hydrolysis) is 1. The van der Waals surface area contributed by atoms with Crippen molar-refractivity contribution in [2.45, 2.75) is 38.0 Å². The molecular formula is C15H19NO5. The minimum atomic E-state index is -1.01. The predicted molar refractivity (Wildman–Crippen MR) is 74.5 cm³/mol. The summed E-state index contributed by atoms with van der Waals surface area (Å²) >= 11 is 0. The van der Waals surface area contributed by atoms with Crippen LogP contribution in [0.3, 0.4) is 0 Å². The third-order valence-electron chi connectivity index (χ3n) is 3.66. The number of carbonyl (C=O) groups excluding carboxylic acids is 1. The number of ether oxygens (including phenoxy) is 1. The highest BCUT2D eigenvalue weighted by Crippen LogP contribution is 2.25. The van der Waals surface area contributed by atoms with Crippen molar-refractivity contribution in [2.75, 3.05) is 0 Å². The molecule has 0 aromatic heterocycles. The van der Waals surface area contributed by atoms with E-state index in [0.717, 1.165) is 5.56 Å². The Balaban J connectivity index is 1.85. The van der Waals surface area contributed by atoms with Crippen molar-refractivity contribution in [2.24, 2.45) is 5.92 Å². The fraction of sp³-hybridized carbons (Fsp3) is 0.467. The Hall–Kier alpha value is -2.08. The number of aliphatic carboxylic acids is 1. The first-order chi connectivity index (χ1) is 10.1. The number of carbonyl (C=O) groups is 2. The van der Waals surface area contributed by atoms with E-state index in [1.54, 1.807) is 0 Å². The highest BCUT2D eigenvalue weighted by atomic mass is 16.5. The lowest BCUT2D eigenvalue weighted by atomic mass is 9.83. The number of nitrogens with one attached hydrogen (secondary N) is 1. The Morgan fingerprint density at radius 2 is 1.95 bits per heavy atom. The fourth-order valence-corrected chi connectivity index (χ4v) is 2.51. The maximum Gasteiger partial charge on any atom is 0.407 e. The van der Waals surface area contributed by atoms with Crippen LogP contribution in [0.15, 0.2) is 30.3 Å². The van der Waals surface area contributed by atoms with E-state index in [1.165, 1.54) is 0 Å². The van der Waals surface area contributed by atoms with Crippen LogP contribution in [0.2, 0.25) is 0 Å². The molecule has 0 spiro atoms. The number of benzene rings is 1. The van der Waals surface area contributed by atoms with Crippen molar-refractivity contribution in [3.8, 4) is 0 Å². The quantitative estimate of drug-likeness (QED) is 0.782. The third-order valence-corrected chi connectivity index (χ3v) is 3.66. The molecular weight excluding hydrogens is 274 g/mol. The molecule has 1 aliphatic carbocycles. The van der Waals surface area contributed by atoms with Crippen LogP contribution in [0.4, 0.5) is 4.79 Å². The molecule has 0 aliphatic heterocycles. The molecule has 114 valence electrons. The first-order valence-electron chi connectivity index (χ1n) is 6.94. The molecule has 2 rings (SSSR count). The normalized spacial score (nSPS) is 25.1. The van der Waals surface area contributed by atoms with E-state index in [4.69, 9.17) is 9.84 Å². The van der Waals surface area contributed by atoms with E-state index in [-0.39, 0.29) is 13.0 Å². The van der Waals surface area contributed by atoms with E-state index < -0.39 is 30.1 Å². The van der Waals surface area contributed by atoms with Crippen molar-refractivity contribution >= 4 is 12.1 Å². The summed E-state index contributed by atoms with van der Waals surface area (Å²) in [5.41, 5.74) is 0.863. The van der Waals surface area contributed by atoms with Crippen LogP contribution < -0.4 is 5.32 Å². The largest absolute Gasteiger partial charge is 0.481 e. The lowest BCUT2D eigenvalue weighted by molar-refractivity contribution is -0.145. The Morgan fingerprint density at radius 3 is 2.62 bits per heavy atom. The van der Waals surface area contributed by atoms with E-state index in [9.17, 15) is 14.7 Å². The molecule has 3 atom stereocenters. The maximum atomic E-state index is 11.7. The Bertz CT molecular complexity index is 490. The molecule has 6 heteroatoms. The molecule has 0 saturated heterocycles. The average Bonchev–Trinajstić information content (AvgIpc) is 2.48.